The molecular formula is C12H23ClN2O2. The van der Waals surface area contributed by atoms with Crippen molar-refractivity contribution in [1.82, 2.24) is 10.2 Å². The highest BCUT2D eigenvalue weighted by Crippen LogP contribution is 2.31. The van der Waals surface area contributed by atoms with Gasteiger partial charge in [-0.15, -0.1) is 12.4 Å². The van der Waals surface area contributed by atoms with Crippen LogP contribution in [0.4, 0.5) is 4.79 Å². The highest BCUT2D eigenvalue weighted by molar-refractivity contribution is 5.85. The fourth-order valence-corrected chi connectivity index (χ4v) is 2.35. The molecule has 2 fully saturated rings. The van der Waals surface area contributed by atoms with E-state index in [9.17, 15) is 4.79 Å². The SMILES string of the molecule is CC(C)(C)OC(=O)N1CCC2(CCN2)CC1.Cl. The summed E-state index contributed by atoms with van der Waals surface area (Å²) in [6.07, 6.45) is 3.22. The fourth-order valence-electron chi connectivity index (χ4n) is 2.35. The summed E-state index contributed by atoms with van der Waals surface area (Å²) in [6, 6.07) is 0. The van der Waals surface area contributed by atoms with E-state index in [0.717, 1.165) is 32.5 Å². The van der Waals surface area contributed by atoms with Gasteiger partial charge in [-0.1, -0.05) is 0 Å². The number of nitrogens with one attached hydrogen (secondary N) is 1. The Morgan fingerprint density at radius 2 is 1.76 bits per heavy atom. The minimum absolute atomic E-state index is 0. The molecule has 0 atom stereocenters. The van der Waals surface area contributed by atoms with Crippen LogP contribution in [0.1, 0.15) is 40.0 Å². The van der Waals surface area contributed by atoms with Gasteiger partial charge in [-0.05, 0) is 46.6 Å². The van der Waals surface area contributed by atoms with Gasteiger partial charge < -0.3 is 15.0 Å². The Morgan fingerprint density at radius 1 is 1.24 bits per heavy atom. The number of carbonyl (C=O) groups excluding carboxylic acids is 1. The van der Waals surface area contributed by atoms with E-state index in [1.165, 1.54) is 6.42 Å². The summed E-state index contributed by atoms with van der Waals surface area (Å²) in [5.74, 6) is 0. The molecule has 4 nitrogen and oxygen atoms in total. The lowest BCUT2D eigenvalue weighted by atomic mass is 9.79. The zero-order chi connectivity index (χ0) is 11.8. The molecule has 1 spiro atoms. The molecule has 0 saturated carbocycles. The lowest BCUT2D eigenvalue weighted by Crippen LogP contribution is -2.62. The first kappa shape index (κ1) is 14.6. The van der Waals surface area contributed by atoms with Crippen LogP contribution in [0.25, 0.3) is 0 Å². The van der Waals surface area contributed by atoms with Gasteiger partial charge in [0.15, 0.2) is 0 Å². The van der Waals surface area contributed by atoms with Crippen LogP contribution in [0.2, 0.25) is 0 Å². The van der Waals surface area contributed by atoms with Crippen LogP contribution in [-0.2, 0) is 4.74 Å². The Bertz CT molecular complexity index is 275. The van der Waals surface area contributed by atoms with E-state index >= 15 is 0 Å². The average molecular weight is 263 g/mol. The second-order valence-corrected chi connectivity index (χ2v) is 5.92. The Kier molecular flexibility index (Phi) is 4.31. The highest BCUT2D eigenvalue weighted by atomic mass is 35.5. The van der Waals surface area contributed by atoms with Crippen LogP contribution in [-0.4, -0.2) is 41.8 Å². The molecule has 1 N–H and O–H groups in total. The summed E-state index contributed by atoms with van der Waals surface area (Å²) < 4.78 is 5.36. The minimum Gasteiger partial charge on any atom is -0.444 e. The smallest absolute Gasteiger partial charge is 0.410 e. The molecule has 2 saturated heterocycles. The second-order valence-electron chi connectivity index (χ2n) is 5.92. The van der Waals surface area contributed by atoms with Gasteiger partial charge in [-0.3, -0.25) is 0 Å². The maximum atomic E-state index is 11.8. The lowest BCUT2D eigenvalue weighted by Gasteiger charge is -2.48. The Morgan fingerprint density at radius 3 is 2.12 bits per heavy atom. The van der Waals surface area contributed by atoms with E-state index < -0.39 is 0 Å². The van der Waals surface area contributed by atoms with Crippen LogP contribution < -0.4 is 5.32 Å². The van der Waals surface area contributed by atoms with E-state index in [1.54, 1.807) is 0 Å². The monoisotopic (exact) mass is 262 g/mol. The summed E-state index contributed by atoms with van der Waals surface area (Å²) in [4.78, 5) is 13.6. The van der Waals surface area contributed by atoms with Gasteiger partial charge in [-0.2, -0.15) is 0 Å². The Labute approximate surface area is 109 Å². The van der Waals surface area contributed by atoms with Gasteiger partial charge in [0, 0.05) is 18.6 Å². The summed E-state index contributed by atoms with van der Waals surface area (Å²) in [6.45, 7) is 8.49. The number of hydrogen-bond donors (Lipinski definition) is 1. The number of halogens is 1. The molecule has 2 heterocycles. The molecule has 0 aliphatic carbocycles. The highest BCUT2D eigenvalue weighted by Gasteiger charge is 2.40. The minimum atomic E-state index is -0.388. The summed E-state index contributed by atoms with van der Waals surface area (Å²) in [5, 5.41) is 3.49. The predicted molar refractivity (Wildman–Crippen MR) is 69.6 cm³/mol. The molecule has 100 valence electrons. The molecule has 1 amide bonds. The van der Waals surface area contributed by atoms with E-state index in [4.69, 9.17) is 4.74 Å². The molecule has 0 aromatic carbocycles. The van der Waals surface area contributed by atoms with E-state index in [2.05, 4.69) is 5.32 Å². The van der Waals surface area contributed by atoms with E-state index in [-0.39, 0.29) is 24.1 Å². The number of rotatable bonds is 0. The third-order valence-corrected chi connectivity index (χ3v) is 3.48. The van der Waals surface area contributed by atoms with Crippen molar-refractivity contribution in [3.05, 3.63) is 0 Å². The third kappa shape index (κ3) is 3.49. The molecule has 0 aromatic rings. The Hall–Kier alpha value is -0.480. The number of ether oxygens (including phenoxy) is 1. The average Bonchev–Trinajstić information content (AvgIpc) is 2.13. The molecule has 5 heteroatoms. The predicted octanol–water partition coefficient (Wildman–Crippen LogP) is 2.17. The van der Waals surface area contributed by atoms with Gasteiger partial charge in [0.25, 0.3) is 0 Å². The zero-order valence-electron chi connectivity index (χ0n) is 10.9. The van der Waals surface area contributed by atoms with Gasteiger partial charge in [0.2, 0.25) is 0 Å². The summed E-state index contributed by atoms with van der Waals surface area (Å²) in [7, 11) is 0. The van der Waals surface area contributed by atoms with Crippen molar-refractivity contribution in [3.8, 4) is 0 Å². The molecule has 2 aliphatic heterocycles. The summed E-state index contributed by atoms with van der Waals surface area (Å²) in [5.41, 5.74) is -0.0422. The molecule has 0 unspecified atom stereocenters. The second kappa shape index (κ2) is 5.02. The first-order valence-electron chi connectivity index (χ1n) is 6.13. The van der Waals surface area contributed by atoms with Crippen molar-refractivity contribution < 1.29 is 9.53 Å². The molecular weight excluding hydrogens is 240 g/mol. The normalized spacial score (nSPS) is 22.6. The van der Waals surface area contributed by atoms with Crippen molar-refractivity contribution >= 4 is 18.5 Å². The van der Waals surface area contributed by atoms with Crippen LogP contribution in [0.15, 0.2) is 0 Å². The molecule has 0 radical (unpaired) electrons. The standard InChI is InChI=1S/C12H22N2O2.ClH/c1-11(2,3)16-10(15)14-8-5-12(6-9-14)4-7-13-12;/h13H,4-9H2,1-3H3;1H. The van der Waals surface area contributed by atoms with Crippen molar-refractivity contribution in [2.24, 2.45) is 0 Å². The Balaban J connectivity index is 0.00000144. The van der Waals surface area contributed by atoms with E-state index in [0.29, 0.717) is 5.54 Å². The van der Waals surface area contributed by atoms with Gasteiger partial charge >= 0.3 is 6.09 Å². The number of piperidine rings is 1. The molecule has 2 aliphatic rings. The summed E-state index contributed by atoms with van der Waals surface area (Å²) >= 11 is 0. The number of amides is 1. The fraction of sp³-hybridized carbons (Fsp3) is 0.917. The van der Waals surface area contributed by atoms with Gasteiger partial charge in [0.1, 0.15) is 5.60 Å². The van der Waals surface area contributed by atoms with Crippen molar-refractivity contribution in [3.63, 3.8) is 0 Å². The lowest BCUT2D eigenvalue weighted by molar-refractivity contribution is 0.00881. The van der Waals surface area contributed by atoms with Gasteiger partial charge in [0.05, 0.1) is 0 Å². The molecule has 0 bridgehead atoms. The van der Waals surface area contributed by atoms with Crippen LogP contribution >= 0.6 is 12.4 Å². The van der Waals surface area contributed by atoms with Gasteiger partial charge in [-0.25, -0.2) is 4.79 Å². The molecule has 0 aromatic heterocycles. The molecule has 2 rings (SSSR count). The zero-order valence-corrected chi connectivity index (χ0v) is 11.7. The maximum Gasteiger partial charge on any atom is 0.410 e. The van der Waals surface area contributed by atoms with Crippen LogP contribution in [0.5, 0.6) is 0 Å². The number of nitrogens with zero attached hydrogens (tertiary/aromatic N) is 1. The van der Waals surface area contributed by atoms with Crippen molar-refractivity contribution in [1.29, 1.82) is 0 Å². The van der Waals surface area contributed by atoms with Crippen molar-refractivity contribution in [2.75, 3.05) is 19.6 Å². The first-order valence-corrected chi connectivity index (χ1v) is 6.13. The first-order chi connectivity index (χ1) is 7.40. The number of hydrogen-bond acceptors (Lipinski definition) is 3. The molecule has 17 heavy (non-hydrogen) atoms. The van der Waals surface area contributed by atoms with Crippen molar-refractivity contribution in [2.45, 2.75) is 51.2 Å². The quantitative estimate of drug-likeness (QED) is 0.728. The third-order valence-electron chi connectivity index (χ3n) is 3.48. The number of carbonyl (C=O) groups is 1. The largest absolute Gasteiger partial charge is 0.444 e. The van der Waals surface area contributed by atoms with Crippen LogP contribution in [0, 0.1) is 0 Å². The van der Waals surface area contributed by atoms with E-state index in [1.807, 2.05) is 25.7 Å². The maximum absolute atomic E-state index is 11.8. The number of likely N-dealkylation sites (tertiary alicyclic amines) is 1. The van der Waals surface area contributed by atoms with Crippen LogP contribution in [0.3, 0.4) is 0 Å². The topological polar surface area (TPSA) is 41.6 Å².